The van der Waals surface area contributed by atoms with Crippen LogP contribution in [0.15, 0.2) is 18.2 Å². The van der Waals surface area contributed by atoms with Crippen LogP contribution in [0.5, 0.6) is 11.5 Å². The van der Waals surface area contributed by atoms with Gasteiger partial charge in [0, 0.05) is 6.08 Å². The van der Waals surface area contributed by atoms with Gasteiger partial charge in [0.2, 0.25) is 0 Å². The Bertz CT molecular complexity index is 673. The van der Waals surface area contributed by atoms with E-state index in [1.54, 1.807) is 19.1 Å². The topological polar surface area (TPSA) is 100 Å². The molecule has 0 aliphatic heterocycles. The first-order valence-corrected chi connectivity index (χ1v) is 7.52. The number of halogens is 1. The molecule has 136 valence electrons. The quantitative estimate of drug-likeness (QED) is 0.579. The molecule has 0 unspecified atom stereocenters. The highest BCUT2D eigenvalue weighted by Crippen LogP contribution is 2.36. The number of carbonyl (C=O) groups is 3. The summed E-state index contributed by atoms with van der Waals surface area (Å²) in [6.45, 7) is 1.10. The van der Waals surface area contributed by atoms with Gasteiger partial charge in [-0.15, -0.1) is 0 Å². The SMILES string of the molecule is CCOC(=O)NC(=O)COC(=O)/C=C/c1cc(Cl)c(OC)c(OC)c1. The van der Waals surface area contributed by atoms with Crippen molar-refractivity contribution in [3.63, 3.8) is 0 Å². The van der Waals surface area contributed by atoms with Crippen LogP contribution in [0.1, 0.15) is 12.5 Å². The lowest BCUT2D eigenvalue weighted by Gasteiger charge is -2.10. The minimum atomic E-state index is -0.904. The molecular weight excluding hydrogens is 354 g/mol. The molecule has 0 saturated heterocycles. The fourth-order valence-corrected chi connectivity index (χ4v) is 2.00. The standard InChI is InChI=1S/C16H18ClNO7/c1-4-24-16(21)18-13(19)9-25-14(20)6-5-10-7-11(17)15(23-3)12(8-10)22-2/h5-8H,4,9H2,1-3H3,(H,18,19,21)/b6-5+. The van der Waals surface area contributed by atoms with Crippen molar-refractivity contribution in [1.82, 2.24) is 5.32 Å². The first-order valence-electron chi connectivity index (χ1n) is 7.14. The average Bonchev–Trinajstić information content (AvgIpc) is 2.57. The highest BCUT2D eigenvalue weighted by Gasteiger charge is 2.11. The number of alkyl carbamates (subject to hydrolysis) is 1. The fraction of sp³-hybridized carbons (Fsp3) is 0.312. The number of amides is 2. The summed E-state index contributed by atoms with van der Waals surface area (Å²) in [5.41, 5.74) is 0.565. The summed E-state index contributed by atoms with van der Waals surface area (Å²) >= 11 is 6.05. The number of carbonyl (C=O) groups excluding carboxylic acids is 3. The van der Waals surface area contributed by atoms with Crippen LogP contribution >= 0.6 is 11.6 Å². The zero-order valence-electron chi connectivity index (χ0n) is 14.0. The van der Waals surface area contributed by atoms with Crippen molar-refractivity contribution < 1.29 is 33.3 Å². The number of hydrogen-bond acceptors (Lipinski definition) is 7. The number of hydrogen-bond donors (Lipinski definition) is 1. The molecule has 8 nitrogen and oxygen atoms in total. The summed E-state index contributed by atoms with van der Waals surface area (Å²) in [7, 11) is 2.91. The van der Waals surface area contributed by atoms with Crippen LogP contribution in [0.3, 0.4) is 0 Å². The molecule has 0 spiro atoms. The van der Waals surface area contributed by atoms with E-state index in [1.807, 2.05) is 5.32 Å². The molecule has 1 N–H and O–H groups in total. The Balaban J connectivity index is 2.61. The van der Waals surface area contributed by atoms with E-state index in [1.165, 1.54) is 20.3 Å². The Kier molecular flexibility index (Phi) is 8.28. The van der Waals surface area contributed by atoms with E-state index in [-0.39, 0.29) is 6.61 Å². The number of rotatable bonds is 7. The van der Waals surface area contributed by atoms with E-state index in [2.05, 4.69) is 4.74 Å². The van der Waals surface area contributed by atoms with Crippen LogP contribution in [0.4, 0.5) is 4.79 Å². The fourth-order valence-electron chi connectivity index (χ4n) is 1.70. The summed E-state index contributed by atoms with van der Waals surface area (Å²) in [5, 5.41) is 2.20. The van der Waals surface area contributed by atoms with E-state index >= 15 is 0 Å². The average molecular weight is 372 g/mol. The second-order valence-electron chi connectivity index (χ2n) is 4.45. The Morgan fingerprint density at radius 1 is 1.16 bits per heavy atom. The van der Waals surface area contributed by atoms with Gasteiger partial charge >= 0.3 is 12.1 Å². The van der Waals surface area contributed by atoms with Crippen LogP contribution < -0.4 is 14.8 Å². The molecule has 0 aliphatic rings. The zero-order chi connectivity index (χ0) is 18.8. The van der Waals surface area contributed by atoms with Crippen molar-refractivity contribution in [3.8, 4) is 11.5 Å². The maximum Gasteiger partial charge on any atom is 0.413 e. The minimum Gasteiger partial charge on any atom is -0.493 e. The van der Waals surface area contributed by atoms with Crippen molar-refractivity contribution in [3.05, 3.63) is 28.8 Å². The van der Waals surface area contributed by atoms with Crippen LogP contribution in [0.2, 0.25) is 5.02 Å². The first-order chi connectivity index (χ1) is 11.9. The van der Waals surface area contributed by atoms with Gasteiger partial charge in [0.15, 0.2) is 18.1 Å². The summed E-state index contributed by atoms with van der Waals surface area (Å²) < 4.78 is 19.5. The molecule has 0 saturated carbocycles. The predicted molar refractivity (Wildman–Crippen MR) is 89.7 cm³/mol. The molecule has 25 heavy (non-hydrogen) atoms. The molecule has 0 aromatic heterocycles. The third-order valence-electron chi connectivity index (χ3n) is 2.73. The second kappa shape index (κ2) is 10.2. The highest BCUT2D eigenvalue weighted by molar-refractivity contribution is 6.32. The number of esters is 1. The van der Waals surface area contributed by atoms with Gasteiger partial charge in [-0.1, -0.05) is 11.6 Å². The molecule has 2 amide bonds. The second-order valence-corrected chi connectivity index (χ2v) is 4.86. The van der Waals surface area contributed by atoms with E-state index in [0.29, 0.717) is 22.1 Å². The summed E-state index contributed by atoms with van der Waals surface area (Å²) in [6.07, 6.45) is 1.63. The Hall–Kier alpha value is -2.74. The number of benzene rings is 1. The maximum absolute atomic E-state index is 11.6. The van der Waals surface area contributed by atoms with E-state index in [4.69, 9.17) is 25.8 Å². The number of imide groups is 1. The zero-order valence-corrected chi connectivity index (χ0v) is 14.7. The van der Waals surface area contributed by atoms with Gasteiger partial charge in [-0.3, -0.25) is 10.1 Å². The lowest BCUT2D eigenvalue weighted by atomic mass is 10.2. The molecule has 0 fully saturated rings. The third-order valence-corrected chi connectivity index (χ3v) is 3.01. The van der Waals surface area contributed by atoms with Crippen molar-refractivity contribution in [2.45, 2.75) is 6.92 Å². The van der Waals surface area contributed by atoms with E-state index in [9.17, 15) is 14.4 Å². The smallest absolute Gasteiger partial charge is 0.413 e. The monoisotopic (exact) mass is 371 g/mol. The van der Waals surface area contributed by atoms with Gasteiger partial charge in [0.25, 0.3) is 5.91 Å². The van der Waals surface area contributed by atoms with Gasteiger partial charge in [-0.2, -0.15) is 0 Å². The van der Waals surface area contributed by atoms with Gasteiger partial charge < -0.3 is 18.9 Å². The third kappa shape index (κ3) is 6.72. The van der Waals surface area contributed by atoms with Crippen LogP contribution in [-0.2, 0) is 19.1 Å². The number of methoxy groups -OCH3 is 2. The largest absolute Gasteiger partial charge is 0.493 e. The molecule has 1 aromatic carbocycles. The predicted octanol–water partition coefficient (Wildman–Crippen LogP) is 2.19. The summed E-state index contributed by atoms with van der Waals surface area (Å²) in [6, 6.07) is 3.18. The summed E-state index contributed by atoms with van der Waals surface area (Å²) in [5.74, 6) is -0.796. The first kappa shape index (κ1) is 20.3. The van der Waals surface area contributed by atoms with Crippen molar-refractivity contribution in [1.29, 1.82) is 0 Å². The number of ether oxygens (including phenoxy) is 4. The van der Waals surface area contributed by atoms with E-state index in [0.717, 1.165) is 6.08 Å². The van der Waals surface area contributed by atoms with Gasteiger partial charge in [-0.25, -0.2) is 9.59 Å². The molecule has 0 bridgehead atoms. The summed E-state index contributed by atoms with van der Waals surface area (Å²) in [4.78, 5) is 34.0. The van der Waals surface area contributed by atoms with Crippen molar-refractivity contribution in [2.75, 3.05) is 27.4 Å². The van der Waals surface area contributed by atoms with Gasteiger partial charge in [-0.05, 0) is 30.7 Å². The van der Waals surface area contributed by atoms with Crippen molar-refractivity contribution in [2.24, 2.45) is 0 Å². The van der Waals surface area contributed by atoms with Gasteiger partial charge in [0.05, 0.1) is 25.8 Å². The minimum absolute atomic E-state index is 0.121. The normalized spacial score (nSPS) is 10.2. The lowest BCUT2D eigenvalue weighted by Crippen LogP contribution is -2.34. The lowest BCUT2D eigenvalue weighted by molar-refractivity contribution is -0.143. The molecule has 1 aromatic rings. The molecular formula is C16H18ClNO7. The molecule has 0 atom stereocenters. The molecule has 9 heteroatoms. The number of nitrogens with one attached hydrogen (secondary N) is 1. The molecule has 1 rings (SSSR count). The maximum atomic E-state index is 11.6. The van der Waals surface area contributed by atoms with Crippen LogP contribution in [0.25, 0.3) is 6.08 Å². The van der Waals surface area contributed by atoms with Crippen LogP contribution in [0, 0.1) is 0 Å². The Morgan fingerprint density at radius 3 is 2.48 bits per heavy atom. The Labute approximate surface area is 149 Å². The van der Waals surface area contributed by atoms with Crippen molar-refractivity contribution >= 4 is 35.6 Å². The highest BCUT2D eigenvalue weighted by atomic mass is 35.5. The molecule has 0 radical (unpaired) electrons. The van der Waals surface area contributed by atoms with Gasteiger partial charge in [0.1, 0.15) is 0 Å². The molecule has 0 heterocycles. The van der Waals surface area contributed by atoms with E-state index < -0.39 is 24.6 Å². The van der Waals surface area contributed by atoms with Crippen LogP contribution in [-0.4, -0.2) is 45.4 Å². The Morgan fingerprint density at radius 2 is 1.88 bits per heavy atom. The molecule has 0 aliphatic carbocycles.